The SMILES string of the molecule is C#CCCCN[C@@H](CC(C)C)C(=O)OC1CCCC1. The maximum atomic E-state index is 12.2. The summed E-state index contributed by atoms with van der Waals surface area (Å²) in [5.74, 6) is 3.01. The highest BCUT2D eigenvalue weighted by molar-refractivity contribution is 5.76. The first-order valence-electron chi connectivity index (χ1n) is 7.50. The topological polar surface area (TPSA) is 38.3 Å². The third-order valence-corrected chi connectivity index (χ3v) is 3.47. The molecule has 108 valence electrons. The highest BCUT2D eigenvalue weighted by Gasteiger charge is 2.25. The van der Waals surface area contributed by atoms with E-state index in [1.165, 1.54) is 12.8 Å². The van der Waals surface area contributed by atoms with Crippen molar-refractivity contribution in [3.8, 4) is 12.3 Å². The highest BCUT2D eigenvalue weighted by atomic mass is 16.5. The van der Waals surface area contributed by atoms with Crippen molar-refractivity contribution >= 4 is 5.97 Å². The van der Waals surface area contributed by atoms with Gasteiger partial charge < -0.3 is 10.1 Å². The van der Waals surface area contributed by atoms with Crippen molar-refractivity contribution in [3.63, 3.8) is 0 Å². The average Bonchev–Trinajstić information content (AvgIpc) is 2.85. The fourth-order valence-electron chi connectivity index (χ4n) is 2.45. The highest BCUT2D eigenvalue weighted by Crippen LogP contribution is 2.22. The van der Waals surface area contributed by atoms with Crippen molar-refractivity contribution in [2.24, 2.45) is 5.92 Å². The molecule has 1 atom stereocenters. The van der Waals surface area contributed by atoms with Gasteiger partial charge in [-0.2, -0.15) is 0 Å². The molecular weight excluding hydrogens is 238 g/mol. The predicted molar refractivity (Wildman–Crippen MR) is 77.7 cm³/mol. The third kappa shape index (κ3) is 6.63. The van der Waals surface area contributed by atoms with Crippen LogP contribution in [0.4, 0.5) is 0 Å². The molecule has 0 amide bonds. The van der Waals surface area contributed by atoms with Gasteiger partial charge >= 0.3 is 5.97 Å². The van der Waals surface area contributed by atoms with E-state index in [9.17, 15) is 4.79 Å². The second-order valence-corrected chi connectivity index (χ2v) is 5.79. The molecule has 0 aromatic heterocycles. The first-order chi connectivity index (χ1) is 9.13. The Hall–Kier alpha value is -1.01. The summed E-state index contributed by atoms with van der Waals surface area (Å²) in [5.41, 5.74) is 0. The van der Waals surface area contributed by atoms with Crippen LogP contribution in [0.5, 0.6) is 0 Å². The summed E-state index contributed by atoms with van der Waals surface area (Å²) in [6.07, 6.45) is 12.3. The molecule has 1 fully saturated rings. The lowest BCUT2D eigenvalue weighted by atomic mass is 10.0. The zero-order valence-corrected chi connectivity index (χ0v) is 12.3. The quantitative estimate of drug-likeness (QED) is 0.416. The van der Waals surface area contributed by atoms with Crippen LogP contribution in [0, 0.1) is 18.3 Å². The number of hydrogen-bond acceptors (Lipinski definition) is 3. The van der Waals surface area contributed by atoms with E-state index in [0.717, 1.165) is 38.6 Å². The summed E-state index contributed by atoms with van der Waals surface area (Å²) < 4.78 is 5.59. The van der Waals surface area contributed by atoms with Crippen molar-refractivity contribution in [1.29, 1.82) is 0 Å². The number of rotatable bonds is 8. The Morgan fingerprint density at radius 1 is 1.42 bits per heavy atom. The van der Waals surface area contributed by atoms with Crippen molar-refractivity contribution in [1.82, 2.24) is 5.32 Å². The molecule has 1 aliphatic carbocycles. The van der Waals surface area contributed by atoms with Gasteiger partial charge in [0, 0.05) is 6.42 Å². The number of esters is 1. The average molecular weight is 265 g/mol. The van der Waals surface area contributed by atoms with Crippen LogP contribution in [-0.4, -0.2) is 24.7 Å². The molecule has 0 aromatic rings. The molecule has 1 aliphatic rings. The summed E-state index contributed by atoms with van der Waals surface area (Å²) >= 11 is 0. The molecule has 0 aliphatic heterocycles. The summed E-state index contributed by atoms with van der Waals surface area (Å²) in [6, 6.07) is -0.182. The number of ether oxygens (including phenoxy) is 1. The lowest BCUT2D eigenvalue weighted by Crippen LogP contribution is -2.40. The van der Waals surface area contributed by atoms with E-state index in [-0.39, 0.29) is 18.1 Å². The fraction of sp³-hybridized carbons (Fsp3) is 0.812. The molecule has 19 heavy (non-hydrogen) atoms. The van der Waals surface area contributed by atoms with Crippen LogP contribution in [0.25, 0.3) is 0 Å². The molecule has 0 bridgehead atoms. The largest absolute Gasteiger partial charge is 0.461 e. The normalized spacial score (nSPS) is 17.4. The molecule has 1 N–H and O–H groups in total. The Morgan fingerprint density at radius 2 is 2.11 bits per heavy atom. The molecule has 0 unspecified atom stereocenters. The lowest BCUT2D eigenvalue weighted by molar-refractivity contribution is -0.151. The van der Waals surface area contributed by atoms with Crippen LogP contribution >= 0.6 is 0 Å². The lowest BCUT2D eigenvalue weighted by Gasteiger charge is -2.21. The van der Waals surface area contributed by atoms with Gasteiger partial charge in [0.05, 0.1) is 0 Å². The van der Waals surface area contributed by atoms with Crippen molar-refractivity contribution < 1.29 is 9.53 Å². The van der Waals surface area contributed by atoms with E-state index in [1.807, 2.05) is 0 Å². The predicted octanol–water partition coefficient (Wildman–Crippen LogP) is 2.89. The second-order valence-electron chi connectivity index (χ2n) is 5.79. The van der Waals surface area contributed by atoms with Crippen LogP contribution in [0.1, 0.15) is 58.8 Å². The molecule has 0 spiro atoms. The second kappa shape index (κ2) is 8.98. The number of unbranched alkanes of at least 4 members (excludes halogenated alkanes) is 1. The van der Waals surface area contributed by atoms with Crippen molar-refractivity contribution in [2.45, 2.75) is 70.9 Å². The molecule has 0 radical (unpaired) electrons. The van der Waals surface area contributed by atoms with E-state index >= 15 is 0 Å². The fourth-order valence-corrected chi connectivity index (χ4v) is 2.45. The number of hydrogen-bond donors (Lipinski definition) is 1. The number of carbonyl (C=O) groups excluding carboxylic acids is 1. The molecule has 0 heterocycles. The van der Waals surface area contributed by atoms with E-state index in [2.05, 4.69) is 25.1 Å². The van der Waals surface area contributed by atoms with Gasteiger partial charge in [-0.1, -0.05) is 13.8 Å². The summed E-state index contributed by atoms with van der Waals surface area (Å²) in [6.45, 7) is 5.03. The molecule has 1 saturated carbocycles. The zero-order chi connectivity index (χ0) is 14.1. The van der Waals surface area contributed by atoms with Gasteiger partial charge in [0.1, 0.15) is 12.1 Å². The minimum absolute atomic E-state index is 0.0821. The zero-order valence-electron chi connectivity index (χ0n) is 12.3. The summed E-state index contributed by atoms with van der Waals surface area (Å²) in [4.78, 5) is 12.2. The molecule has 0 saturated heterocycles. The van der Waals surface area contributed by atoms with Crippen LogP contribution < -0.4 is 5.32 Å². The van der Waals surface area contributed by atoms with Crippen molar-refractivity contribution in [2.75, 3.05) is 6.54 Å². The molecule has 3 heteroatoms. The van der Waals surface area contributed by atoms with Crippen LogP contribution in [-0.2, 0) is 9.53 Å². The van der Waals surface area contributed by atoms with Crippen LogP contribution in [0.15, 0.2) is 0 Å². The molecular formula is C16H27NO2. The Kier molecular flexibility index (Phi) is 7.59. The first kappa shape index (κ1) is 16.0. The summed E-state index contributed by atoms with van der Waals surface area (Å²) in [7, 11) is 0. The maximum absolute atomic E-state index is 12.2. The molecule has 3 nitrogen and oxygen atoms in total. The number of carbonyl (C=O) groups is 1. The maximum Gasteiger partial charge on any atom is 0.323 e. The molecule has 1 rings (SSSR count). The van der Waals surface area contributed by atoms with Gasteiger partial charge in [-0.15, -0.1) is 12.3 Å². The van der Waals surface area contributed by atoms with Gasteiger partial charge in [-0.25, -0.2) is 0 Å². The Labute approximate surface area is 117 Å². The van der Waals surface area contributed by atoms with Crippen LogP contribution in [0.2, 0.25) is 0 Å². The monoisotopic (exact) mass is 265 g/mol. The van der Waals surface area contributed by atoms with E-state index in [4.69, 9.17) is 11.2 Å². The van der Waals surface area contributed by atoms with E-state index in [1.54, 1.807) is 0 Å². The minimum Gasteiger partial charge on any atom is -0.461 e. The minimum atomic E-state index is -0.182. The van der Waals surface area contributed by atoms with Gasteiger partial charge in [0.25, 0.3) is 0 Å². The van der Waals surface area contributed by atoms with Gasteiger partial charge in [0.2, 0.25) is 0 Å². The Bertz CT molecular complexity index is 300. The van der Waals surface area contributed by atoms with Crippen LogP contribution in [0.3, 0.4) is 0 Å². The third-order valence-electron chi connectivity index (χ3n) is 3.47. The number of terminal acetylenes is 1. The van der Waals surface area contributed by atoms with Gasteiger partial charge in [-0.3, -0.25) is 4.79 Å². The van der Waals surface area contributed by atoms with Gasteiger partial charge in [0.15, 0.2) is 0 Å². The Balaban J connectivity index is 2.37. The summed E-state index contributed by atoms with van der Waals surface area (Å²) in [5, 5.41) is 3.29. The number of nitrogens with one attached hydrogen (secondary N) is 1. The van der Waals surface area contributed by atoms with Gasteiger partial charge in [-0.05, 0) is 51.0 Å². The smallest absolute Gasteiger partial charge is 0.323 e. The van der Waals surface area contributed by atoms with E-state index in [0.29, 0.717) is 5.92 Å². The van der Waals surface area contributed by atoms with E-state index < -0.39 is 0 Å². The molecule has 0 aromatic carbocycles. The standard InChI is InChI=1S/C16H27NO2/c1-4-5-8-11-17-15(12-13(2)3)16(18)19-14-9-6-7-10-14/h1,13-15,17H,5-12H2,2-3H3/t15-/m0/s1. The Morgan fingerprint density at radius 3 is 2.68 bits per heavy atom. The first-order valence-corrected chi connectivity index (χ1v) is 7.50. The van der Waals surface area contributed by atoms with Crippen molar-refractivity contribution in [3.05, 3.63) is 0 Å².